The van der Waals surface area contributed by atoms with Gasteiger partial charge in [-0.2, -0.15) is 0 Å². The second-order valence-electron chi connectivity index (χ2n) is 6.39. The summed E-state index contributed by atoms with van der Waals surface area (Å²) < 4.78 is 22.9. The van der Waals surface area contributed by atoms with Crippen molar-refractivity contribution in [3.63, 3.8) is 0 Å². The van der Waals surface area contributed by atoms with Gasteiger partial charge in [-0.25, -0.2) is 8.42 Å². The molecule has 7 heteroatoms. The Morgan fingerprint density at radius 2 is 2.00 bits per heavy atom. The van der Waals surface area contributed by atoms with E-state index in [4.69, 9.17) is 0 Å². The van der Waals surface area contributed by atoms with Crippen molar-refractivity contribution in [2.24, 2.45) is 0 Å². The fourth-order valence-electron chi connectivity index (χ4n) is 2.93. The standard InChI is InChI=1S/C17H20N2O4S/c1-12-4-5-14(15-13(12)3-2-8-18-15)16(20)19-11-17(21)6-9-24(22,23)10-7-17/h2-5,8,21H,6-7,9-11H2,1H3,(H,19,20). The van der Waals surface area contributed by atoms with Gasteiger partial charge in [0.1, 0.15) is 0 Å². The van der Waals surface area contributed by atoms with Crippen molar-refractivity contribution in [1.82, 2.24) is 10.3 Å². The highest BCUT2D eigenvalue weighted by Gasteiger charge is 2.35. The summed E-state index contributed by atoms with van der Waals surface area (Å²) in [6.07, 6.45) is 1.92. The van der Waals surface area contributed by atoms with Crippen molar-refractivity contribution in [2.45, 2.75) is 25.4 Å². The van der Waals surface area contributed by atoms with Crippen LogP contribution in [0, 0.1) is 6.92 Å². The van der Waals surface area contributed by atoms with Crippen LogP contribution in [0.1, 0.15) is 28.8 Å². The van der Waals surface area contributed by atoms with Crippen LogP contribution in [-0.2, 0) is 9.84 Å². The smallest absolute Gasteiger partial charge is 0.253 e. The Morgan fingerprint density at radius 1 is 1.29 bits per heavy atom. The zero-order chi connectivity index (χ0) is 17.4. The molecule has 1 saturated heterocycles. The predicted octanol–water partition coefficient (Wildman–Crippen LogP) is 1.21. The minimum absolute atomic E-state index is 0.0313. The highest BCUT2D eigenvalue weighted by Crippen LogP contribution is 2.24. The molecule has 0 spiro atoms. The van der Waals surface area contributed by atoms with E-state index in [2.05, 4.69) is 10.3 Å². The number of fused-ring (bicyclic) bond motifs is 1. The van der Waals surface area contributed by atoms with E-state index in [1.807, 2.05) is 25.1 Å². The first-order valence-electron chi connectivity index (χ1n) is 7.85. The van der Waals surface area contributed by atoms with E-state index in [-0.39, 0.29) is 36.8 Å². The molecule has 3 rings (SSSR count). The molecule has 0 saturated carbocycles. The van der Waals surface area contributed by atoms with Gasteiger partial charge in [-0.3, -0.25) is 9.78 Å². The second kappa shape index (κ2) is 6.14. The van der Waals surface area contributed by atoms with Gasteiger partial charge < -0.3 is 10.4 Å². The quantitative estimate of drug-likeness (QED) is 0.869. The number of aryl methyl sites for hydroxylation is 1. The molecule has 0 aliphatic carbocycles. The highest BCUT2D eigenvalue weighted by atomic mass is 32.2. The van der Waals surface area contributed by atoms with Crippen LogP contribution in [0.25, 0.3) is 10.9 Å². The molecular weight excluding hydrogens is 328 g/mol. The van der Waals surface area contributed by atoms with E-state index in [1.165, 1.54) is 0 Å². The third kappa shape index (κ3) is 3.42. The zero-order valence-corrected chi connectivity index (χ0v) is 14.3. The maximum Gasteiger partial charge on any atom is 0.253 e. The lowest BCUT2D eigenvalue weighted by Crippen LogP contribution is -2.48. The second-order valence-corrected chi connectivity index (χ2v) is 8.69. The van der Waals surface area contributed by atoms with E-state index < -0.39 is 15.4 Å². The van der Waals surface area contributed by atoms with Crippen molar-refractivity contribution in [2.75, 3.05) is 18.1 Å². The molecule has 1 amide bonds. The monoisotopic (exact) mass is 348 g/mol. The first kappa shape index (κ1) is 16.9. The Bertz CT molecular complexity index is 879. The number of sulfone groups is 1. The molecule has 2 heterocycles. The Morgan fingerprint density at radius 3 is 2.71 bits per heavy atom. The number of nitrogens with one attached hydrogen (secondary N) is 1. The van der Waals surface area contributed by atoms with E-state index in [0.717, 1.165) is 10.9 Å². The summed E-state index contributed by atoms with van der Waals surface area (Å²) in [5.41, 5.74) is 0.928. The third-order valence-corrected chi connectivity index (χ3v) is 6.22. The molecule has 0 unspecified atom stereocenters. The number of hydrogen-bond donors (Lipinski definition) is 2. The number of rotatable bonds is 3. The lowest BCUT2D eigenvalue weighted by atomic mass is 9.96. The van der Waals surface area contributed by atoms with Gasteiger partial charge in [-0.05, 0) is 37.5 Å². The fourth-order valence-corrected chi connectivity index (χ4v) is 4.52. The average Bonchev–Trinajstić information content (AvgIpc) is 2.57. The third-order valence-electron chi connectivity index (χ3n) is 4.57. The lowest BCUT2D eigenvalue weighted by molar-refractivity contribution is 0.0296. The largest absolute Gasteiger partial charge is 0.388 e. The Balaban J connectivity index is 1.76. The van der Waals surface area contributed by atoms with Crippen molar-refractivity contribution in [3.8, 4) is 0 Å². The van der Waals surface area contributed by atoms with Gasteiger partial charge in [0.25, 0.3) is 5.91 Å². The van der Waals surface area contributed by atoms with E-state index in [1.54, 1.807) is 12.3 Å². The number of aliphatic hydroxyl groups is 1. The molecular formula is C17H20N2O4S. The number of nitrogens with zero attached hydrogens (tertiary/aromatic N) is 1. The maximum atomic E-state index is 12.5. The minimum atomic E-state index is -3.06. The number of pyridine rings is 1. The molecule has 1 aliphatic rings. The van der Waals surface area contributed by atoms with Gasteiger partial charge >= 0.3 is 0 Å². The van der Waals surface area contributed by atoms with Crippen LogP contribution in [0.4, 0.5) is 0 Å². The summed E-state index contributed by atoms with van der Waals surface area (Å²) in [6, 6.07) is 7.31. The summed E-state index contributed by atoms with van der Waals surface area (Å²) in [5.74, 6) is -0.413. The summed E-state index contributed by atoms with van der Waals surface area (Å²) in [5, 5.41) is 14.1. The maximum absolute atomic E-state index is 12.5. The molecule has 0 atom stereocenters. The fraction of sp³-hybridized carbons (Fsp3) is 0.412. The Kier molecular flexibility index (Phi) is 4.31. The molecule has 0 radical (unpaired) electrons. The van der Waals surface area contributed by atoms with Crippen LogP contribution in [0.15, 0.2) is 30.5 Å². The van der Waals surface area contributed by atoms with Crippen molar-refractivity contribution in [1.29, 1.82) is 0 Å². The molecule has 6 nitrogen and oxygen atoms in total. The van der Waals surface area contributed by atoms with Gasteiger partial charge in [0.2, 0.25) is 0 Å². The van der Waals surface area contributed by atoms with Crippen LogP contribution in [0.3, 0.4) is 0 Å². The SMILES string of the molecule is Cc1ccc(C(=O)NCC2(O)CCS(=O)(=O)CC2)c2ncccc12. The molecule has 2 aromatic rings. The normalized spacial score (nSPS) is 19.1. The first-order valence-corrected chi connectivity index (χ1v) is 9.67. The van der Waals surface area contributed by atoms with Gasteiger partial charge in [0, 0.05) is 18.1 Å². The molecule has 0 bridgehead atoms. The topological polar surface area (TPSA) is 96.4 Å². The number of amides is 1. The van der Waals surface area contributed by atoms with Crippen molar-refractivity contribution in [3.05, 3.63) is 41.6 Å². The van der Waals surface area contributed by atoms with Crippen LogP contribution < -0.4 is 5.32 Å². The Labute approximate surface area is 140 Å². The van der Waals surface area contributed by atoms with Crippen LogP contribution in [0.2, 0.25) is 0 Å². The van der Waals surface area contributed by atoms with Crippen LogP contribution in [-0.4, -0.2) is 48.1 Å². The molecule has 1 fully saturated rings. The number of hydrogen-bond acceptors (Lipinski definition) is 5. The molecule has 128 valence electrons. The summed E-state index contributed by atoms with van der Waals surface area (Å²) in [7, 11) is -3.06. The van der Waals surface area contributed by atoms with E-state index in [0.29, 0.717) is 11.1 Å². The molecule has 1 aromatic carbocycles. The zero-order valence-electron chi connectivity index (χ0n) is 13.4. The van der Waals surface area contributed by atoms with Gasteiger partial charge in [-0.15, -0.1) is 0 Å². The van der Waals surface area contributed by atoms with E-state index in [9.17, 15) is 18.3 Å². The molecule has 2 N–H and O–H groups in total. The molecule has 1 aromatic heterocycles. The minimum Gasteiger partial charge on any atom is -0.388 e. The van der Waals surface area contributed by atoms with Gasteiger partial charge in [0.05, 0.1) is 28.2 Å². The average molecular weight is 348 g/mol. The van der Waals surface area contributed by atoms with Crippen LogP contribution >= 0.6 is 0 Å². The number of benzene rings is 1. The lowest BCUT2D eigenvalue weighted by Gasteiger charge is -2.32. The number of aromatic nitrogens is 1. The van der Waals surface area contributed by atoms with Crippen molar-refractivity contribution < 1.29 is 18.3 Å². The summed E-state index contributed by atoms with van der Waals surface area (Å²) in [4.78, 5) is 16.8. The van der Waals surface area contributed by atoms with Crippen molar-refractivity contribution >= 4 is 26.6 Å². The van der Waals surface area contributed by atoms with Gasteiger partial charge in [-0.1, -0.05) is 12.1 Å². The van der Waals surface area contributed by atoms with Crippen LogP contribution in [0.5, 0.6) is 0 Å². The molecule has 24 heavy (non-hydrogen) atoms. The van der Waals surface area contributed by atoms with Gasteiger partial charge in [0.15, 0.2) is 9.84 Å². The number of carbonyl (C=O) groups is 1. The highest BCUT2D eigenvalue weighted by molar-refractivity contribution is 7.91. The summed E-state index contributed by atoms with van der Waals surface area (Å²) >= 11 is 0. The summed E-state index contributed by atoms with van der Waals surface area (Å²) in [6.45, 7) is 1.99. The Hall–Kier alpha value is -1.99. The predicted molar refractivity (Wildman–Crippen MR) is 91.7 cm³/mol. The molecule has 1 aliphatic heterocycles. The first-order chi connectivity index (χ1) is 11.3. The number of carbonyl (C=O) groups excluding carboxylic acids is 1. The van der Waals surface area contributed by atoms with E-state index >= 15 is 0 Å².